The molecule has 0 fully saturated rings. The highest BCUT2D eigenvalue weighted by Gasteiger charge is 2.02. The number of furan rings is 1. The van der Waals surface area contributed by atoms with Crippen LogP contribution in [0.15, 0.2) is 47.1 Å². The lowest BCUT2D eigenvalue weighted by molar-refractivity contribution is 0.239. The first-order valence-corrected chi connectivity index (χ1v) is 6.34. The quantitative estimate of drug-likeness (QED) is 0.866. The maximum absolute atomic E-state index is 11.5. The molecule has 4 heteroatoms. The van der Waals surface area contributed by atoms with E-state index in [2.05, 4.69) is 29.7 Å². The molecule has 0 saturated heterocycles. The fourth-order valence-electron chi connectivity index (χ4n) is 1.84. The second kappa shape index (κ2) is 6.64. The lowest BCUT2D eigenvalue weighted by Crippen LogP contribution is -2.36. The van der Waals surface area contributed by atoms with Crippen molar-refractivity contribution in [2.75, 3.05) is 6.54 Å². The Labute approximate surface area is 112 Å². The van der Waals surface area contributed by atoms with Crippen molar-refractivity contribution in [1.29, 1.82) is 0 Å². The summed E-state index contributed by atoms with van der Waals surface area (Å²) in [5.74, 6) is 0.744. The molecule has 0 spiro atoms. The normalized spacial score (nSPS) is 10.2. The van der Waals surface area contributed by atoms with Crippen molar-refractivity contribution in [2.45, 2.75) is 19.9 Å². The number of hydrogen-bond acceptors (Lipinski definition) is 2. The van der Waals surface area contributed by atoms with E-state index in [1.807, 2.05) is 18.2 Å². The molecule has 0 atom stereocenters. The van der Waals surface area contributed by atoms with E-state index in [0.717, 1.165) is 12.2 Å². The van der Waals surface area contributed by atoms with Gasteiger partial charge in [-0.3, -0.25) is 0 Å². The smallest absolute Gasteiger partial charge is 0.315 e. The minimum absolute atomic E-state index is 0.176. The Kier molecular flexibility index (Phi) is 4.61. The van der Waals surface area contributed by atoms with Gasteiger partial charge in [0.2, 0.25) is 0 Å². The van der Waals surface area contributed by atoms with Gasteiger partial charge in [0.1, 0.15) is 5.76 Å². The first-order chi connectivity index (χ1) is 9.25. The number of aryl methyl sites for hydroxylation is 1. The van der Waals surface area contributed by atoms with E-state index in [0.29, 0.717) is 13.1 Å². The summed E-state index contributed by atoms with van der Waals surface area (Å²) in [4.78, 5) is 11.5. The fraction of sp³-hybridized carbons (Fsp3) is 0.267. The summed E-state index contributed by atoms with van der Waals surface area (Å²) in [6.07, 6.45) is 2.42. The highest BCUT2D eigenvalue weighted by atomic mass is 16.3. The third-order valence-electron chi connectivity index (χ3n) is 2.94. The molecule has 1 aromatic carbocycles. The Bertz CT molecular complexity index is 521. The third kappa shape index (κ3) is 4.17. The predicted octanol–water partition coefficient (Wildman–Crippen LogP) is 2.63. The molecule has 0 saturated carbocycles. The van der Waals surface area contributed by atoms with Gasteiger partial charge in [-0.1, -0.05) is 24.3 Å². The second-order valence-corrected chi connectivity index (χ2v) is 4.37. The van der Waals surface area contributed by atoms with Crippen LogP contribution in [-0.4, -0.2) is 12.6 Å². The van der Waals surface area contributed by atoms with Crippen LogP contribution in [0.2, 0.25) is 0 Å². The highest BCUT2D eigenvalue weighted by molar-refractivity contribution is 5.73. The van der Waals surface area contributed by atoms with E-state index in [1.165, 1.54) is 11.1 Å². The average molecular weight is 258 g/mol. The first kappa shape index (κ1) is 13.2. The SMILES string of the molecule is Cc1ccccc1CCNC(=O)NCc1ccco1. The molecule has 1 heterocycles. The standard InChI is InChI=1S/C15H18N2O2/c1-12-5-2-3-6-13(12)8-9-16-15(18)17-11-14-7-4-10-19-14/h2-7,10H,8-9,11H2,1H3,(H2,16,17,18). The van der Waals surface area contributed by atoms with Gasteiger partial charge in [-0.2, -0.15) is 0 Å². The minimum Gasteiger partial charge on any atom is -0.467 e. The number of nitrogens with one attached hydrogen (secondary N) is 2. The lowest BCUT2D eigenvalue weighted by Gasteiger charge is -2.08. The van der Waals surface area contributed by atoms with Gasteiger partial charge < -0.3 is 15.1 Å². The van der Waals surface area contributed by atoms with Gasteiger partial charge in [0.25, 0.3) is 0 Å². The summed E-state index contributed by atoms with van der Waals surface area (Å²) in [7, 11) is 0. The van der Waals surface area contributed by atoms with Crippen LogP contribution in [0.5, 0.6) is 0 Å². The third-order valence-corrected chi connectivity index (χ3v) is 2.94. The number of benzene rings is 1. The Hall–Kier alpha value is -2.23. The van der Waals surface area contributed by atoms with E-state index in [1.54, 1.807) is 12.3 Å². The van der Waals surface area contributed by atoms with Crippen LogP contribution in [0.4, 0.5) is 4.79 Å². The molecule has 0 aliphatic rings. The van der Waals surface area contributed by atoms with Crippen molar-refractivity contribution in [3.8, 4) is 0 Å². The van der Waals surface area contributed by atoms with E-state index >= 15 is 0 Å². The fourth-order valence-corrected chi connectivity index (χ4v) is 1.84. The number of amides is 2. The van der Waals surface area contributed by atoms with Crippen LogP contribution in [0.3, 0.4) is 0 Å². The zero-order chi connectivity index (χ0) is 13.5. The lowest BCUT2D eigenvalue weighted by atomic mass is 10.1. The van der Waals surface area contributed by atoms with Gasteiger partial charge in [0.15, 0.2) is 0 Å². The van der Waals surface area contributed by atoms with Crippen molar-refractivity contribution < 1.29 is 9.21 Å². The van der Waals surface area contributed by atoms with E-state index in [4.69, 9.17) is 4.42 Å². The molecule has 2 amide bonds. The first-order valence-electron chi connectivity index (χ1n) is 6.34. The number of carbonyl (C=O) groups is 1. The molecular weight excluding hydrogens is 240 g/mol. The van der Waals surface area contributed by atoms with Crippen molar-refractivity contribution in [1.82, 2.24) is 10.6 Å². The molecule has 2 aromatic rings. The second-order valence-electron chi connectivity index (χ2n) is 4.37. The highest BCUT2D eigenvalue weighted by Crippen LogP contribution is 2.06. The van der Waals surface area contributed by atoms with Crippen LogP contribution in [0.1, 0.15) is 16.9 Å². The van der Waals surface area contributed by atoms with Crippen LogP contribution in [0.25, 0.3) is 0 Å². The van der Waals surface area contributed by atoms with Crippen molar-refractivity contribution in [3.05, 3.63) is 59.5 Å². The largest absolute Gasteiger partial charge is 0.467 e. The summed E-state index contributed by atoms with van der Waals surface area (Å²) in [5, 5.41) is 5.57. The number of rotatable bonds is 5. The Morgan fingerprint density at radius 1 is 1.16 bits per heavy atom. The topological polar surface area (TPSA) is 54.3 Å². The Morgan fingerprint density at radius 2 is 2.00 bits per heavy atom. The van der Waals surface area contributed by atoms with Gasteiger partial charge in [0, 0.05) is 6.54 Å². The van der Waals surface area contributed by atoms with Crippen LogP contribution < -0.4 is 10.6 Å². The maximum Gasteiger partial charge on any atom is 0.315 e. The number of carbonyl (C=O) groups excluding carboxylic acids is 1. The molecule has 0 aliphatic heterocycles. The van der Waals surface area contributed by atoms with Crippen molar-refractivity contribution >= 4 is 6.03 Å². The Morgan fingerprint density at radius 3 is 2.74 bits per heavy atom. The zero-order valence-electron chi connectivity index (χ0n) is 11.0. The van der Waals surface area contributed by atoms with Gasteiger partial charge in [-0.15, -0.1) is 0 Å². The number of urea groups is 1. The maximum atomic E-state index is 11.5. The summed E-state index contributed by atoms with van der Waals surface area (Å²) < 4.78 is 5.13. The molecule has 100 valence electrons. The summed E-state index contributed by atoms with van der Waals surface area (Å²) >= 11 is 0. The molecule has 0 aliphatic carbocycles. The predicted molar refractivity (Wildman–Crippen MR) is 73.8 cm³/mol. The van der Waals surface area contributed by atoms with Crippen LogP contribution in [-0.2, 0) is 13.0 Å². The summed E-state index contributed by atoms with van der Waals surface area (Å²) in [5.41, 5.74) is 2.51. The molecule has 1 aromatic heterocycles. The van der Waals surface area contributed by atoms with Crippen LogP contribution in [0, 0.1) is 6.92 Å². The van der Waals surface area contributed by atoms with Gasteiger partial charge in [-0.05, 0) is 36.6 Å². The van der Waals surface area contributed by atoms with Gasteiger partial charge >= 0.3 is 6.03 Å². The number of hydrogen-bond donors (Lipinski definition) is 2. The van der Waals surface area contributed by atoms with Crippen LogP contribution >= 0.6 is 0 Å². The molecule has 19 heavy (non-hydrogen) atoms. The van der Waals surface area contributed by atoms with E-state index < -0.39 is 0 Å². The minimum atomic E-state index is -0.176. The summed E-state index contributed by atoms with van der Waals surface area (Å²) in [6, 6.07) is 11.6. The molecule has 2 N–H and O–H groups in total. The van der Waals surface area contributed by atoms with Crippen molar-refractivity contribution in [2.24, 2.45) is 0 Å². The molecule has 0 unspecified atom stereocenters. The monoisotopic (exact) mass is 258 g/mol. The molecule has 0 radical (unpaired) electrons. The molecule has 4 nitrogen and oxygen atoms in total. The van der Waals surface area contributed by atoms with Gasteiger partial charge in [-0.25, -0.2) is 4.79 Å². The van der Waals surface area contributed by atoms with E-state index in [9.17, 15) is 4.79 Å². The van der Waals surface area contributed by atoms with E-state index in [-0.39, 0.29) is 6.03 Å². The molecule has 2 rings (SSSR count). The summed E-state index contributed by atoms with van der Waals surface area (Å²) in [6.45, 7) is 3.10. The average Bonchev–Trinajstić information content (AvgIpc) is 2.92. The van der Waals surface area contributed by atoms with Crippen molar-refractivity contribution in [3.63, 3.8) is 0 Å². The Balaban J connectivity index is 1.68. The zero-order valence-corrected chi connectivity index (χ0v) is 11.0. The molecular formula is C15H18N2O2. The molecule has 0 bridgehead atoms. The van der Waals surface area contributed by atoms with Gasteiger partial charge in [0.05, 0.1) is 12.8 Å².